The lowest BCUT2D eigenvalue weighted by Gasteiger charge is -2.08. The van der Waals surface area contributed by atoms with Crippen LogP contribution in [0.2, 0.25) is 0 Å². The Morgan fingerprint density at radius 2 is 1.43 bits per heavy atom. The van der Waals surface area contributed by atoms with Crippen molar-refractivity contribution >= 4 is 5.97 Å². The van der Waals surface area contributed by atoms with Crippen molar-refractivity contribution < 1.29 is 27.4 Å². The Labute approximate surface area is 175 Å². The SMILES string of the molecule is CCCCCC(=O)Oc1ccc(C#Cc2ccc(OCCCC(F)(F)F)cc2)cc1. The number of ether oxygens (including phenoxy) is 2. The number of esters is 1. The molecule has 2 aromatic carbocycles. The van der Waals surface area contributed by atoms with Crippen molar-refractivity contribution in [1.29, 1.82) is 0 Å². The predicted molar refractivity (Wildman–Crippen MR) is 109 cm³/mol. The lowest BCUT2D eigenvalue weighted by Crippen LogP contribution is -2.09. The highest BCUT2D eigenvalue weighted by molar-refractivity contribution is 5.72. The zero-order valence-electron chi connectivity index (χ0n) is 16.9. The molecular formula is C24H25F3O3. The van der Waals surface area contributed by atoms with Gasteiger partial charge < -0.3 is 9.47 Å². The third-order valence-electron chi connectivity index (χ3n) is 4.15. The van der Waals surface area contributed by atoms with Crippen LogP contribution in [0, 0.1) is 11.8 Å². The summed E-state index contributed by atoms with van der Waals surface area (Å²) in [4.78, 5) is 11.7. The summed E-state index contributed by atoms with van der Waals surface area (Å²) in [6.45, 7) is 2.09. The molecule has 0 bridgehead atoms. The Bertz CT molecular complexity index is 844. The van der Waals surface area contributed by atoms with E-state index in [2.05, 4.69) is 18.8 Å². The van der Waals surface area contributed by atoms with E-state index >= 15 is 0 Å². The first-order chi connectivity index (χ1) is 14.4. The molecule has 2 rings (SSSR count). The number of halogens is 3. The smallest absolute Gasteiger partial charge is 0.389 e. The number of hydrogen-bond acceptors (Lipinski definition) is 3. The number of alkyl halides is 3. The lowest BCUT2D eigenvalue weighted by molar-refractivity contribution is -0.136. The Morgan fingerprint density at radius 1 is 0.867 bits per heavy atom. The first kappa shape index (κ1) is 23.3. The average molecular weight is 418 g/mol. The molecule has 6 heteroatoms. The summed E-state index contributed by atoms with van der Waals surface area (Å²) < 4.78 is 46.9. The van der Waals surface area contributed by atoms with Crippen molar-refractivity contribution in [2.75, 3.05) is 6.61 Å². The summed E-state index contributed by atoms with van der Waals surface area (Å²) >= 11 is 0. The fraction of sp³-hybridized carbons (Fsp3) is 0.375. The van der Waals surface area contributed by atoms with Crippen LogP contribution in [0.15, 0.2) is 48.5 Å². The minimum atomic E-state index is -4.16. The summed E-state index contributed by atoms with van der Waals surface area (Å²) in [5.74, 6) is 6.79. The van der Waals surface area contributed by atoms with Gasteiger partial charge >= 0.3 is 12.1 Å². The van der Waals surface area contributed by atoms with E-state index in [-0.39, 0.29) is 19.0 Å². The third kappa shape index (κ3) is 9.51. The number of rotatable bonds is 9. The Hall–Kier alpha value is -2.94. The highest BCUT2D eigenvalue weighted by Gasteiger charge is 2.26. The molecule has 0 saturated carbocycles. The molecule has 0 unspecified atom stereocenters. The standard InChI is InChI=1S/C24H25F3O3/c1-2-3-4-6-23(28)30-22-15-11-20(12-16-22)8-7-19-9-13-21(14-10-19)29-18-5-17-24(25,26)27/h9-16H,2-6,17-18H2,1H3. The van der Waals surface area contributed by atoms with Gasteiger partial charge in [-0.1, -0.05) is 31.6 Å². The average Bonchev–Trinajstić information content (AvgIpc) is 2.71. The molecular weight excluding hydrogens is 393 g/mol. The van der Waals surface area contributed by atoms with E-state index < -0.39 is 12.6 Å². The summed E-state index contributed by atoms with van der Waals surface area (Å²) in [6.07, 6.45) is -1.78. The molecule has 0 heterocycles. The number of unbranched alkanes of at least 4 members (excludes halogenated alkanes) is 2. The number of benzene rings is 2. The molecule has 0 amide bonds. The quantitative estimate of drug-likeness (QED) is 0.208. The zero-order chi connectivity index (χ0) is 21.8. The van der Waals surface area contributed by atoms with Crippen LogP contribution >= 0.6 is 0 Å². The largest absolute Gasteiger partial charge is 0.494 e. The fourth-order valence-electron chi connectivity index (χ4n) is 2.55. The van der Waals surface area contributed by atoms with Crippen molar-refractivity contribution in [1.82, 2.24) is 0 Å². The fourth-order valence-corrected chi connectivity index (χ4v) is 2.55. The summed E-state index contributed by atoms with van der Waals surface area (Å²) in [5.41, 5.74) is 1.53. The van der Waals surface area contributed by atoms with Gasteiger partial charge in [-0.05, 0) is 61.4 Å². The minimum absolute atomic E-state index is 0.0140. The molecule has 0 spiro atoms. The van der Waals surface area contributed by atoms with Crippen molar-refractivity contribution in [2.45, 2.75) is 51.6 Å². The maximum atomic E-state index is 12.1. The van der Waals surface area contributed by atoms with Gasteiger partial charge in [0.25, 0.3) is 0 Å². The second kappa shape index (κ2) is 11.9. The van der Waals surface area contributed by atoms with Crippen LogP contribution < -0.4 is 9.47 Å². The van der Waals surface area contributed by atoms with Crippen molar-refractivity contribution in [3.05, 3.63) is 59.7 Å². The topological polar surface area (TPSA) is 35.5 Å². The highest BCUT2D eigenvalue weighted by Crippen LogP contribution is 2.21. The molecule has 0 radical (unpaired) electrons. The van der Waals surface area contributed by atoms with Gasteiger partial charge in [0.15, 0.2) is 0 Å². The molecule has 3 nitrogen and oxygen atoms in total. The van der Waals surface area contributed by atoms with Crippen LogP contribution in [0.4, 0.5) is 13.2 Å². The van der Waals surface area contributed by atoms with Crippen LogP contribution in [0.1, 0.15) is 56.6 Å². The van der Waals surface area contributed by atoms with Gasteiger partial charge in [0.1, 0.15) is 11.5 Å². The molecule has 0 aliphatic carbocycles. The molecule has 30 heavy (non-hydrogen) atoms. The Kier molecular flexibility index (Phi) is 9.27. The third-order valence-corrected chi connectivity index (χ3v) is 4.15. The maximum Gasteiger partial charge on any atom is 0.389 e. The first-order valence-electron chi connectivity index (χ1n) is 9.98. The van der Waals surface area contributed by atoms with E-state index in [0.29, 0.717) is 17.9 Å². The Balaban J connectivity index is 1.81. The molecule has 2 aromatic rings. The molecule has 0 saturated heterocycles. The summed E-state index contributed by atoms with van der Waals surface area (Å²) in [5, 5.41) is 0. The number of hydrogen-bond donors (Lipinski definition) is 0. The molecule has 160 valence electrons. The van der Waals surface area contributed by atoms with Gasteiger partial charge in [-0.15, -0.1) is 0 Å². The molecule has 0 N–H and O–H groups in total. The van der Waals surface area contributed by atoms with Gasteiger partial charge in [0, 0.05) is 24.0 Å². The molecule has 0 fully saturated rings. The van der Waals surface area contributed by atoms with E-state index in [1.807, 2.05) is 0 Å². The minimum Gasteiger partial charge on any atom is -0.494 e. The van der Waals surface area contributed by atoms with Crippen LogP contribution in [0.25, 0.3) is 0 Å². The normalized spacial score (nSPS) is 10.8. The van der Waals surface area contributed by atoms with Gasteiger partial charge in [0.2, 0.25) is 0 Å². The van der Waals surface area contributed by atoms with E-state index in [1.165, 1.54) is 0 Å². The number of carbonyl (C=O) groups is 1. The number of carbonyl (C=O) groups excluding carboxylic acids is 1. The molecule has 0 aliphatic rings. The van der Waals surface area contributed by atoms with Gasteiger partial charge in [-0.25, -0.2) is 0 Å². The van der Waals surface area contributed by atoms with Crippen LogP contribution in [0.5, 0.6) is 11.5 Å². The van der Waals surface area contributed by atoms with Crippen LogP contribution in [-0.4, -0.2) is 18.8 Å². The molecule has 0 aromatic heterocycles. The zero-order valence-corrected chi connectivity index (χ0v) is 16.9. The van der Waals surface area contributed by atoms with Crippen molar-refractivity contribution in [2.24, 2.45) is 0 Å². The lowest BCUT2D eigenvalue weighted by atomic mass is 10.1. The maximum absolute atomic E-state index is 12.1. The van der Waals surface area contributed by atoms with Crippen LogP contribution in [0.3, 0.4) is 0 Å². The van der Waals surface area contributed by atoms with Gasteiger partial charge in [0.05, 0.1) is 6.61 Å². The van der Waals surface area contributed by atoms with Crippen LogP contribution in [-0.2, 0) is 4.79 Å². The van der Waals surface area contributed by atoms with E-state index in [1.54, 1.807) is 48.5 Å². The van der Waals surface area contributed by atoms with E-state index in [4.69, 9.17) is 9.47 Å². The van der Waals surface area contributed by atoms with E-state index in [0.717, 1.165) is 30.4 Å². The van der Waals surface area contributed by atoms with E-state index in [9.17, 15) is 18.0 Å². The molecule has 0 atom stereocenters. The predicted octanol–water partition coefficient (Wildman–Crippen LogP) is 6.29. The Morgan fingerprint density at radius 3 is 1.97 bits per heavy atom. The second-order valence-electron chi connectivity index (χ2n) is 6.80. The van der Waals surface area contributed by atoms with Crippen molar-refractivity contribution in [3.63, 3.8) is 0 Å². The van der Waals surface area contributed by atoms with Crippen molar-refractivity contribution in [3.8, 4) is 23.3 Å². The highest BCUT2D eigenvalue weighted by atomic mass is 19.4. The van der Waals surface area contributed by atoms with Gasteiger partial charge in [-0.2, -0.15) is 13.2 Å². The molecule has 0 aliphatic heterocycles. The first-order valence-corrected chi connectivity index (χ1v) is 9.98. The van der Waals surface area contributed by atoms with Gasteiger partial charge in [-0.3, -0.25) is 4.79 Å². The second-order valence-corrected chi connectivity index (χ2v) is 6.80. The monoisotopic (exact) mass is 418 g/mol. The summed E-state index contributed by atoms with van der Waals surface area (Å²) in [6, 6.07) is 13.8. The summed E-state index contributed by atoms with van der Waals surface area (Å²) in [7, 11) is 0.